The van der Waals surface area contributed by atoms with Crippen LogP contribution in [0.2, 0.25) is 0 Å². The fourth-order valence-electron chi connectivity index (χ4n) is 2.02. The highest BCUT2D eigenvalue weighted by molar-refractivity contribution is 6.20. The monoisotopic (exact) mass is 255 g/mol. The first-order valence-electron chi connectivity index (χ1n) is 5.77. The number of nitrogens with zero attached hydrogens (tertiary/aromatic N) is 1. The number of halogens is 2. The molecule has 17 heavy (non-hydrogen) atoms. The molecule has 1 amide bonds. The van der Waals surface area contributed by atoms with E-state index >= 15 is 0 Å². The summed E-state index contributed by atoms with van der Waals surface area (Å²) in [6.45, 7) is 3.07. The molecule has 0 atom stereocenters. The maximum absolute atomic E-state index is 13.6. The Morgan fingerprint density at radius 2 is 2.06 bits per heavy atom. The highest BCUT2D eigenvalue weighted by Gasteiger charge is 2.24. The number of amides is 1. The van der Waals surface area contributed by atoms with Gasteiger partial charge in [-0.2, -0.15) is 0 Å². The predicted octanol–water partition coefficient (Wildman–Crippen LogP) is 2.98. The van der Waals surface area contributed by atoms with Gasteiger partial charge >= 0.3 is 0 Å². The minimum absolute atomic E-state index is 0.140. The molecule has 1 aliphatic rings. The normalized spacial score (nSPS) is 17.2. The van der Waals surface area contributed by atoms with Gasteiger partial charge in [0.05, 0.1) is 5.56 Å². The van der Waals surface area contributed by atoms with Crippen molar-refractivity contribution in [3.63, 3.8) is 0 Å². The molecule has 1 saturated heterocycles. The van der Waals surface area contributed by atoms with Crippen molar-refractivity contribution in [2.45, 2.75) is 25.1 Å². The lowest BCUT2D eigenvalue weighted by Gasteiger charge is -2.29. The largest absolute Gasteiger partial charge is 0.338 e. The number of likely N-dealkylation sites (tertiary alicyclic amines) is 1. The maximum atomic E-state index is 13.6. The Kier molecular flexibility index (Phi) is 3.67. The molecule has 2 nitrogen and oxygen atoms in total. The van der Waals surface area contributed by atoms with Crippen LogP contribution in [-0.2, 0) is 0 Å². The minimum atomic E-state index is -0.450. The predicted molar refractivity (Wildman–Crippen MR) is 65.9 cm³/mol. The third-order valence-corrected chi connectivity index (χ3v) is 3.50. The summed E-state index contributed by atoms with van der Waals surface area (Å²) in [7, 11) is 0. The average molecular weight is 256 g/mol. The van der Waals surface area contributed by atoms with Crippen LogP contribution >= 0.6 is 11.6 Å². The molecular formula is C13H15ClFNO. The van der Waals surface area contributed by atoms with Crippen molar-refractivity contribution in [1.29, 1.82) is 0 Å². The zero-order valence-corrected chi connectivity index (χ0v) is 10.5. The van der Waals surface area contributed by atoms with Crippen molar-refractivity contribution in [2.75, 3.05) is 13.1 Å². The number of benzene rings is 1. The van der Waals surface area contributed by atoms with Gasteiger partial charge in [-0.3, -0.25) is 4.79 Å². The number of carbonyl (C=O) groups is 1. The van der Waals surface area contributed by atoms with E-state index in [0.717, 1.165) is 18.4 Å². The Balaban J connectivity index is 2.16. The second-order valence-electron chi connectivity index (χ2n) is 4.45. The van der Waals surface area contributed by atoms with E-state index < -0.39 is 5.82 Å². The molecule has 0 spiro atoms. The zero-order valence-electron chi connectivity index (χ0n) is 9.75. The first-order chi connectivity index (χ1) is 8.08. The number of hydrogen-bond donors (Lipinski definition) is 0. The summed E-state index contributed by atoms with van der Waals surface area (Å²) < 4.78 is 13.6. The molecule has 0 aliphatic carbocycles. The summed E-state index contributed by atoms with van der Waals surface area (Å²) in [6, 6.07) is 4.61. The third kappa shape index (κ3) is 2.78. The molecule has 1 aliphatic heterocycles. The highest BCUT2D eigenvalue weighted by Crippen LogP contribution is 2.19. The number of carbonyl (C=O) groups excluding carboxylic acids is 1. The van der Waals surface area contributed by atoms with Crippen LogP contribution in [0.15, 0.2) is 18.2 Å². The Bertz CT molecular complexity index is 427. The SMILES string of the molecule is Cc1ccc(F)c(C(=O)N2CCC(Cl)CC2)c1. The summed E-state index contributed by atoms with van der Waals surface area (Å²) in [5.74, 6) is -0.677. The molecule has 92 valence electrons. The smallest absolute Gasteiger partial charge is 0.256 e. The van der Waals surface area contributed by atoms with Crippen LogP contribution in [0.5, 0.6) is 0 Å². The van der Waals surface area contributed by atoms with Gasteiger partial charge in [0.15, 0.2) is 0 Å². The highest BCUT2D eigenvalue weighted by atomic mass is 35.5. The molecule has 0 aromatic heterocycles. The van der Waals surface area contributed by atoms with E-state index in [9.17, 15) is 9.18 Å². The Morgan fingerprint density at radius 3 is 2.71 bits per heavy atom. The molecule has 0 bridgehead atoms. The fraction of sp³-hybridized carbons (Fsp3) is 0.462. The topological polar surface area (TPSA) is 20.3 Å². The van der Waals surface area contributed by atoms with E-state index in [2.05, 4.69) is 0 Å². The van der Waals surface area contributed by atoms with E-state index in [1.807, 2.05) is 6.92 Å². The summed E-state index contributed by atoms with van der Waals surface area (Å²) in [6.07, 6.45) is 1.56. The van der Waals surface area contributed by atoms with Crippen molar-refractivity contribution < 1.29 is 9.18 Å². The molecule has 1 aromatic carbocycles. The van der Waals surface area contributed by atoms with Gasteiger partial charge in [0.25, 0.3) is 5.91 Å². The quantitative estimate of drug-likeness (QED) is 0.707. The maximum Gasteiger partial charge on any atom is 0.256 e. The van der Waals surface area contributed by atoms with Crippen molar-refractivity contribution in [3.8, 4) is 0 Å². The van der Waals surface area contributed by atoms with E-state index in [1.54, 1.807) is 17.0 Å². The van der Waals surface area contributed by atoms with E-state index in [1.165, 1.54) is 6.07 Å². The molecule has 0 N–H and O–H groups in total. The van der Waals surface area contributed by atoms with Gasteiger partial charge in [0, 0.05) is 18.5 Å². The van der Waals surface area contributed by atoms with Gasteiger partial charge in [0.1, 0.15) is 5.82 Å². The summed E-state index contributed by atoms with van der Waals surface area (Å²) in [5, 5.41) is 0.140. The molecule has 0 radical (unpaired) electrons. The van der Waals surface area contributed by atoms with Gasteiger partial charge in [-0.25, -0.2) is 4.39 Å². The van der Waals surface area contributed by atoms with Crippen molar-refractivity contribution in [3.05, 3.63) is 35.1 Å². The lowest BCUT2D eigenvalue weighted by molar-refractivity contribution is 0.0721. The Labute approximate surface area is 105 Å². The number of aryl methyl sites for hydroxylation is 1. The number of alkyl halides is 1. The summed E-state index contributed by atoms with van der Waals surface area (Å²) >= 11 is 5.98. The second-order valence-corrected chi connectivity index (χ2v) is 5.07. The Hall–Kier alpha value is -1.09. The van der Waals surface area contributed by atoms with Crippen LogP contribution in [0.3, 0.4) is 0 Å². The van der Waals surface area contributed by atoms with Crippen LogP contribution in [0.4, 0.5) is 4.39 Å². The van der Waals surface area contributed by atoms with E-state index in [4.69, 9.17) is 11.6 Å². The second kappa shape index (κ2) is 5.05. The minimum Gasteiger partial charge on any atom is -0.338 e. The molecule has 0 unspecified atom stereocenters. The van der Waals surface area contributed by atoms with E-state index in [-0.39, 0.29) is 16.8 Å². The fourth-order valence-corrected chi connectivity index (χ4v) is 2.22. The standard InChI is InChI=1S/C13H15ClFNO/c1-9-2-3-12(15)11(8-9)13(17)16-6-4-10(14)5-7-16/h2-3,8,10H,4-7H2,1H3. The molecule has 1 fully saturated rings. The lowest BCUT2D eigenvalue weighted by atomic mass is 10.1. The molecular weight excluding hydrogens is 241 g/mol. The van der Waals surface area contributed by atoms with Crippen molar-refractivity contribution in [2.24, 2.45) is 0 Å². The summed E-state index contributed by atoms with van der Waals surface area (Å²) in [4.78, 5) is 13.8. The van der Waals surface area contributed by atoms with Gasteiger partial charge in [-0.05, 0) is 31.9 Å². The average Bonchev–Trinajstić information content (AvgIpc) is 2.32. The van der Waals surface area contributed by atoms with Crippen LogP contribution < -0.4 is 0 Å². The van der Waals surface area contributed by atoms with Crippen LogP contribution in [0, 0.1) is 12.7 Å². The van der Waals surface area contributed by atoms with Gasteiger partial charge in [0.2, 0.25) is 0 Å². The number of hydrogen-bond acceptors (Lipinski definition) is 1. The third-order valence-electron chi connectivity index (χ3n) is 3.06. The number of piperidine rings is 1. The van der Waals surface area contributed by atoms with E-state index in [0.29, 0.717) is 13.1 Å². The Morgan fingerprint density at radius 1 is 1.41 bits per heavy atom. The molecule has 0 saturated carbocycles. The first kappa shape index (κ1) is 12.4. The van der Waals surface area contributed by atoms with Crippen LogP contribution in [0.1, 0.15) is 28.8 Å². The molecule has 4 heteroatoms. The molecule has 1 heterocycles. The van der Waals surface area contributed by atoms with Crippen LogP contribution in [0.25, 0.3) is 0 Å². The first-order valence-corrected chi connectivity index (χ1v) is 6.21. The molecule has 2 rings (SSSR count). The van der Waals surface area contributed by atoms with Crippen molar-refractivity contribution in [1.82, 2.24) is 4.90 Å². The lowest BCUT2D eigenvalue weighted by Crippen LogP contribution is -2.39. The molecule has 1 aromatic rings. The summed E-state index contributed by atoms with van der Waals surface area (Å²) in [5.41, 5.74) is 1.06. The van der Waals surface area contributed by atoms with Crippen LogP contribution in [-0.4, -0.2) is 29.3 Å². The zero-order chi connectivity index (χ0) is 12.4. The van der Waals surface area contributed by atoms with Gasteiger partial charge in [-0.15, -0.1) is 11.6 Å². The van der Waals surface area contributed by atoms with Gasteiger partial charge < -0.3 is 4.90 Å². The van der Waals surface area contributed by atoms with Crippen molar-refractivity contribution >= 4 is 17.5 Å². The van der Waals surface area contributed by atoms with Gasteiger partial charge in [-0.1, -0.05) is 11.6 Å². The number of rotatable bonds is 1.